The number of methoxy groups -OCH3 is 3. The zero-order valence-corrected chi connectivity index (χ0v) is 16.4. The average Bonchev–Trinajstić information content (AvgIpc) is 2.66. The lowest BCUT2D eigenvalue weighted by Crippen LogP contribution is -3.00. The third kappa shape index (κ3) is 3.80. The molecule has 0 aliphatic carbocycles. The molecule has 0 unspecified atom stereocenters. The van der Waals surface area contributed by atoms with Crippen LogP contribution in [0.1, 0.15) is 10.4 Å². The van der Waals surface area contributed by atoms with Gasteiger partial charge in [0.15, 0.2) is 17.7 Å². The van der Waals surface area contributed by atoms with Gasteiger partial charge in [-0.25, -0.2) is 0 Å². The van der Waals surface area contributed by atoms with Crippen LogP contribution in [0.3, 0.4) is 0 Å². The van der Waals surface area contributed by atoms with E-state index in [2.05, 4.69) is 0 Å². The molecule has 6 heteroatoms. The minimum absolute atomic E-state index is 0. The number of aromatic nitrogens is 1. The molecule has 0 amide bonds. The number of ether oxygens (including phenoxy) is 3. The molecule has 0 spiro atoms. The average molecular weight is 418 g/mol. The first kappa shape index (κ1) is 19.7. The molecule has 0 aliphatic heterocycles. The summed E-state index contributed by atoms with van der Waals surface area (Å²) in [7, 11) is 4.60. The first-order chi connectivity index (χ1) is 12.2. The van der Waals surface area contributed by atoms with E-state index in [0.717, 1.165) is 10.9 Å². The van der Waals surface area contributed by atoms with E-state index in [9.17, 15) is 4.79 Å². The Labute approximate surface area is 162 Å². The third-order valence-corrected chi connectivity index (χ3v) is 4.09. The molecule has 3 rings (SSSR count). The first-order valence-corrected chi connectivity index (χ1v) is 7.88. The van der Waals surface area contributed by atoms with E-state index in [0.29, 0.717) is 22.8 Å². The smallest absolute Gasteiger partial charge is 0.227 e. The van der Waals surface area contributed by atoms with Gasteiger partial charge in [-0.05, 0) is 24.3 Å². The summed E-state index contributed by atoms with van der Waals surface area (Å²) in [6.07, 6.45) is 1.90. The molecule has 1 aromatic heterocycles. The van der Waals surface area contributed by atoms with Crippen LogP contribution in [0.2, 0.25) is 0 Å². The van der Waals surface area contributed by atoms with Crippen LogP contribution in [0.25, 0.3) is 10.9 Å². The minimum atomic E-state index is -0.0411. The van der Waals surface area contributed by atoms with Gasteiger partial charge in [-0.3, -0.25) is 4.79 Å². The quantitative estimate of drug-likeness (QED) is 0.419. The predicted molar refractivity (Wildman–Crippen MR) is 94.6 cm³/mol. The van der Waals surface area contributed by atoms with E-state index in [4.69, 9.17) is 14.2 Å². The summed E-state index contributed by atoms with van der Waals surface area (Å²) in [6.45, 7) is 0.222. The van der Waals surface area contributed by atoms with Crippen LogP contribution in [0, 0.1) is 0 Å². The minimum Gasteiger partial charge on any atom is -1.00 e. The number of rotatable bonds is 6. The Morgan fingerprint density at radius 2 is 1.54 bits per heavy atom. The van der Waals surface area contributed by atoms with Crippen LogP contribution in [-0.4, -0.2) is 27.1 Å². The molecule has 0 saturated carbocycles. The Morgan fingerprint density at radius 3 is 2.15 bits per heavy atom. The van der Waals surface area contributed by atoms with E-state index in [1.165, 1.54) is 21.3 Å². The Kier molecular flexibility index (Phi) is 6.58. The molecule has 1 heterocycles. The van der Waals surface area contributed by atoms with Gasteiger partial charge < -0.3 is 31.2 Å². The van der Waals surface area contributed by atoms with Crippen molar-refractivity contribution in [3.8, 4) is 17.2 Å². The highest BCUT2D eigenvalue weighted by atomic mass is 79.9. The van der Waals surface area contributed by atoms with Crippen LogP contribution >= 0.6 is 0 Å². The summed E-state index contributed by atoms with van der Waals surface area (Å²) in [6, 6.07) is 15.3. The summed E-state index contributed by atoms with van der Waals surface area (Å²) < 4.78 is 17.9. The van der Waals surface area contributed by atoms with Gasteiger partial charge in [0.25, 0.3) is 0 Å². The zero-order chi connectivity index (χ0) is 17.8. The second-order valence-electron chi connectivity index (χ2n) is 5.53. The highest BCUT2D eigenvalue weighted by Crippen LogP contribution is 2.38. The molecular weight excluding hydrogens is 398 g/mol. The predicted octanol–water partition coefficient (Wildman–Crippen LogP) is 0.0400. The molecule has 136 valence electrons. The number of ketones is 1. The standard InChI is InChI=1S/C20H20NO4.BrH/c1-23-18-11-15(12-19(24-2)20(18)25-3)17(22)13-21-10-6-8-14-7-4-5-9-16(14)21;/h4-12H,13H2,1-3H3;1H/q+1;/p-1. The SMILES string of the molecule is COc1cc(C(=O)C[n+]2cccc3ccccc32)cc(OC)c1OC.[Br-]. The molecule has 5 nitrogen and oxygen atoms in total. The fraction of sp³-hybridized carbons (Fsp3) is 0.200. The molecule has 0 radical (unpaired) electrons. The van der Waals surface area contributed by atoms with Gasteiger partial charge >= 0.3 is 0 Å². The molecule has 0 saturated heterocycles. The zero-order valence-electron chi connectivity index (χ0n) is 14.9. The van der Waals surface area contributed by atoms with Crippen molar-refractivity contribution in [3.63, 3.8) is 0 Å². The summed E-state index contributed by atoms with van der Waals surface area (Å²) in [5.74, 6) is 1.36. The van der Waals surface area contributed by atoms with E-state index in [-0.39, 0.29) is 29.3 Å². The summed E-state index contributed by atoms with van der Waals surface area (Å²) in [5.41, 5.74) is 1.51. The van der Waals surface area contributed by atoms with E-state index < -0.39 is 0 Å². The third-order valence-electron chi connectivity index (χ3n) is 4.09. The number of para-hydroxylation sites is 1. The van der Waals surface area contributed by atoms with Gasteiger partial charge in [0, 0.05) is 23.1 Å². The number of pyridine rings is 1. The van der Waals surface area contributed by atoms with Gasteiger partial charge in [0.05, 0.1) is 21.3 Å². The molecule has 0 N–H and O–H groups in total. The lowest BCUT2D eigenvalue weighted by Gasteiger charge is -2.13. The number of hydrogen-bond acceptors (Lipinski definition) is 4. The Morgan fingerprint density at radius 1 is 0.923 bits per heavy atom. The van der Waals surface area contributed by atoms with Crippen molar-refractivity contribution >= 4 is 16.7 Å². The van der Waals surface area contributed by atoms with Crippen LogP contribution < -0.4 is 35.8 Å². The van der Waals surface area contributed by atoms with E-state index >= 15 is 0 Å². The maximum Gasteiger partial charge on any atom is 0.227 e. The Bertz CT molecular complexity index is 896. The maximum absolute atomic E-state index is 12.8. The fourth-order valence-corrected chi connectivity index (χ4v) is 2.85. The number of Topliss-reactive ketones (excluding diaryl/α,β-unsaturated/α-hetero) is 1. The molecule has 0 fully saturated rings. The molecule has 2 aromatic carbocycles. The van der Waals surface area contributed by atoms with Crippen LogP contribution in [0.4, 0.5) is 0 Å². The molecule has 3 aromatic rings. The summed E-state index contributed by atoms with van der Waals surface area (Å²) in [5, 5.41) is 1.09. The number of hydrogen-bond donors (Lipinski definition) is 0. The fourth-order valence-electron chi connectivity index (χ4n) is 2.85. The Balaban J connectivity index is 0.00000243. The van der Waals surface area contributed by atoms with Crippen molar-refractivity contribution in [2.75, 3.05) is 21.3 Å². The van der Waals surface area contributed by atoms with Gasteiger partial charge in [0.1, 0.15) is 0 Å². The number of halogens is 1. The van der Waals surface area contributed by atoms with Gasteiger partial charge in [0.2, 0.25) is 23.6 Å². The second kappa shape index (κ2) is 8.67. The second-order valence-corrected chi connectivity index (χ2v) is 5.53. The van der Waals surface area contributed by atoms with E-state index in [1.807, 2.05) is 47.2 Å². The number of carbonyl (C=O) groups is 1. The Hall–Kier alpha value is -2.60. The van der Waals surface area contributed by atoms with Crippen molar-refractivity contribution in [1.29, 1.82) is 0 Å². The topological polar surface area (TPSA) is 48.6 Å². The lowest BCUT2D eigenvalue weighted by atomic mass is 10.1. The van der Waals surface area contributed by atoms with Gasteiger partial charge in [-0.1, -0.05) is 12.1 Å². The van der Waals surface area contributed by atoms with Crippen LogP contribution in [0.5, 0.6) is 17.2 Å². The number of carbonyl (C=O) groups excluding carboxylic acids is 1. The van der Waals surface area contributed by atoms with Crippen molar-refractivity contribution in [2.45, 2.75) is 6.54 Å². The van der Waals surface area contributed by atoms with Crippen LogP contribution in [-0.2, 0) is 6.54 Å². The highest BCUT2D eigenvalue weighted by Gasteiger charge is 2.20. The number of fused-ring (bicyclic) bond motifs is 1. The largest absolute Gasteiger partial charge is 1.00 e. The van der Waals surface area contributed by atoms with Crippen molar-refractivity contribution in [3.05, 3.63) is 60.3 Å². The molecule has 0 atom stereocenters. The van der Waals surface area contributed by atoms with Crippen LogP contribution in [0.15, 0.2) is 54.7 Å². The van der Waals surface area contributed by atoms with Crippen molar-refractivity contribution in [2.24, 2.45) is 0 Å². The van der Waals surface area contributed by atoms with Crippen molar-refractivity contribution < 1.29 is 40.6 Å². The summed E-state index contributed by atoms with van der Waals surface area (Å²) in [4.78, 5) is 12.8. The first-order valence-electron chi connectivity index (χ1n) is 7.88. The lowest BCUT2D eigenvalue weighted by molar-refractivity contribution is -0.657. The van der Waals surface area contributed by atoms with Gasteiger partial charge in [-0.15, -0.1) is 0 Å². The summed E-state index contributed by atoms with van der Waals surface area (Å²) >= 11 is 0. The van der Waals surface area contributed by atoms with E-state index in [1.54, 1.807) is 12.1 Å². The number of nitrogens with zero attached hydrogens (tertiary/aromatic N) is 1. The van der Waals surface area contributed by atoms with Gasteiger partial charge in [-0.2, -0.15) is 4.57 Å². The monoisotopic (exact) mass is 417 g/mol. The number of benzene rings is 2. The maximum atomic E-state index is 12.8. The molecular formula is C20H20BrNO4. The normalized spacial score (nSPS) is 10.1. The highest BCUT2D eigenvalue weighted by molar-refractivity contribution is 5.96. The molecule has 0 aliphatic rings. The molecule has 0 bridgehead atoms. The molecule has 26 heavy (non-hydrogen) atoms. The van der Waals surface area contributed by atoms with Crippen molar-refractivity contribution in [1.82, 2.24) is 0 Å².